The minimum atomic E-state index is -4.84. The number of nitrogens with two attached hydrogens (primary N) is 3. The summed E-state index contributed by atoms with van der Waals surface area (Å²) in [4.78, 5) is 7.80. The third-order valence-electron chi connectivity index (χ3n) is 5.06. The number of hydrogen-bond acceptors (Lipinski definition) is 6. The van der Waals surface area contributed by atoms with Gasteiger partial charge in [-0.15, -0.1) is 0 Å². The van der Waals surface area contributed by atoms with Gasteiger partial charge in [0.2, 0.25) is 11.7 Å². The maximum absolute atomic E-state index is 11.8. The number of pyridine rings is 1. The number of rotatable bonds is 4. The summed E-state index contributed by atoms with van der Waals surface area (Å²) >= 11 is 0. The van der Waals surface area contributed by atoms with E-state index in [-0.39, 0.29) is 17.5 Å². The molecule has 0 spiro atoms. The highest BCUT2D eigenvalue weighted by atomic mass is 32.2. The molecule has 0 radical (unpaired) electrons. The van der Waals surface area contributed by atoms with Crippen molar-refractivity contribution in [2.24, 2.45) is 34.2 Å². The molecule has 0 saturated carbocycles. The van der Waals surface area contributed by atoms with Crippen molar-refractivity contribution in [3.05, 3.63) is 59.9 Å². The Balaban J connectivity index is 2.10. The minimum absolute atomic E-state index is 0.176. The number of nitrogens with one attached hydrogen (secondary N) is 1. The number of guanidine groups is 2. The highest BCUT2D eigenvalue weighted by Gasteiger charge is 2.42. The van der Waals surface area contributed by atoms with Crippen LogP contribution in [0.5, 0.6) is 0 Å². The summed E-state index contributed by atoms with van der Waals surface area (Å²) in [5, 5.41) is -1.50. The van der Waals surface area contributed by atoms with Crippen LogP contribution in [0, 0.1) is 11.8 Å². The summed E-state index contributed by atoms with van der Waals surface area (Å²) < 4.78 is 67.4. The second kappa shape index (κ2) is 10.3. The zero-order valence-corrected chi connectivity index (χ0v) is 20.5. The summed E-state index contributed by atoms with van der Waals surface area (Å²) in [5.74, 6) is 5.28. The van der Waals surface area contributed by atoms with Crippen LogP contribution in [0.15, 0.2) is 64.4 Å². The first-order chi connectivity index (χ1) is 16.8. The summed E-state index contributed by atoms with van der Waals surface area (Å²) in [6.07, 6.45) is 2.57. The van der Waals surface area contributed by atoms with E-state index < -0.39 is 37.3 Å². The van der Waals surface area contributed by atoms with Crippen LogP contribution in [0.1, 0.15) is 12.0 Å². The Morgan fingerprint density at radius 3 is 2.42 bits per heavy atom. The van der Waals surface area contributed by atoms with Crippen molar-refractivity contribution in [2.45, 2.75) is 17.0 Å². The number of aliphatic imine (C=N–C) groups is 2. The zero-order valence-electron chi connectivity index (χ0n) is 18.9. The molecule has 190 valence electrons. The SMILES string of the molecule is C[n+]1ccccc1-c1ccc(N=C(N)N=C(N)N)cc1C#CC1=CN[C@H](S(=O)(=O)O)[C@H](S(=O)(=O)O)C1. The second-order valence-corrected chi connectivity index (χ2v) is 10.9. The van der Waals surface area contributed by atoms with E-state index in [2.05, 4.69) is 27.1 Å². The monoisotopic (exact) mass is 534 g/mol. The number of aryl methyl sites for hydroxylation is 1. The molecule has 3 rings (SSSR count). The van der Waals surface area contributed by atoms with Crippen LogP contribution in [-0.4, -0.2) is 48.5 Å². The van der Waals surface area contributed by atoms with Crippen LogP contribution < -0.4 is 27.1 Å². The smallest absolute Gasteiger partial charge is 0.287 e. The molecular weight excluding hydrogens is 510 g/mol. The third-order valence-corrected chi connectivity index (χ3v) is 7.55. The molecule has 1 aromatic carbocycles. The van der Waals surface area contributed by atoms with Crippen LogP contribution in [0.4, 0.5) is 5.69 Å². The van der Waals surface area contributed by atoms with E-state index in [1.54, 1.807) is 18.2 Å². The standard InChI is InChI=1S/C21H23N7O6S2/c1-28-9-3-2-4-17(28)16-8-7-15(26-21(24)27-20(22)23)11-14(16)6-5-13-10-18(35(29,30)31)19(25-12-13)36(32,33)34/h2-4,7-9,11-12,18-19H,10H2,1H3,(H8,22,23,24,25,26,27,29,30,31,32,33,34)/p+1/t18-,19-/m1/s1. The van der Waals surface area contributed by atoms with Gasteiger partial charge in [0.05, 0.1) is 11.3 Å². The topological polar surface area (TPSA) is 227 Å². The lowest BCUT2D eigenvalue weighted by atomic mass is 10.0. The molecule has 2 aromatic rings. The maximum atomic E-state index is 11.8. The quantitative estimate of drug-likeness (QED) is 0.0930. The molecule has 0 saturated heterocycles. The van der Waals surface area contributed by atoms with E-state index >= 15 is 0 Å². The molecule has 0 fully saturated rings. The van der Waals surface area contributed by atoms with Crippen molar-refractivity contribution in [1.82, 2.24) is 5.32 Å². The molecule has 2 atom stereocenters. The summed E-state index contributed by atoms with van der Waals surface area (Å²) in [6, 6.07) is 10.6. The van der Waals surface area contributed by atoms with Gasteiger partial charge < -0.3 is 22.5 Å². The number of benzene rings is 1. The lowest BCUT2D eigenvalue weighted by Crippen LogP contribution is -2.49. The van der Waals surface area contributed by atoms with E-state index in [9.17, 15) is 25.9 Å². The Morgan fingerprint density at radius 2 is 1.81 bits per heavy atom. The number of hydrogen-bond donors (Lipinski definition) is 6. The van der Waals surface area contributed by atoms with E-state index in [4.69, 9.17) is 17.2 Å². The van der Waals surface area contributed by atoms with Crippen molar-refractivity contribution in [2.75, 3.05) is 0 Å². The molecule has 15 heteroatoms. The van der Waals surface area contributed by atoms with E-state index in [1.807, 2.05) is 36.0 Å². The fourth-order valence-electron chi connectivity index (χ4n) is 3.47. The minimum Gasteiger partial charge on any atom is -0.371 e. The molecule has 0 bridgehead atoms. The molecular formula is C21H24N7O6S2+. The number of allylic oxidation sites excluding steroid dienone is 1. The van der Waals surface area contributed by atoms with Crippen molar-refractivity contribution in [3.63, 3.8) is 0 Å². The molecule has 36 heavy (non-hydrogen) atoms. The predicted molar refractivity (Wildman–Crippen MR) is 134 cm³/mol. The van der Waals surface area contributed by atoms with Gasteiger partial charge in [0.15, 0.2) is 17.5 Å². The highest BCUT2D eigenvalue weighted by molar-refractivity contribution is 7.90. The van der Waals surface area contributed by atoms with Crippen LogP contribution in [0.25, 0.3) is 11.3 Å². The molecule has 2 heterocycles. The van der Waals surface area contributed by atoms with Gasteiger partial charge in [0.1, 0.15) is 12.3 Å². The molecule has 13 nitrogen and oxygen atoms in total. The largest absolute Gasteiger partial charge is 0.371 e. The molecule has 0 unspecified atom stereocenters. The summed E-state index contributed by atoms with van der Waals surface area (Å²) in [5.41, 5.74) is 18.9. The van der Waals surface area contributed by atoms with Crippen LogP contribution in [0.2, 0.25) is 0 Å². The summed E-state index contributed by atoms with van der Waals surface area (Å²) in [7, 11) is -7.82. The molecule has 1 aliphatic rings. The van der Waals surface area contributed by atoms with E-state index in [1.165, 1.54) is 6.20 Å². The lowest BCUT2D eigenvalue weighted by Gasteiger charge is -2.26. The molecule has 0 aliphatic carbocycles. The first kappa shape index (κ1) is 26.6. The highest BCUT2D eigenvalue weighted by Crippen LogP contribution is 2.26. The average molecular weight is 535 g/mol. The molecule has 9 N–H and O–H groups in total. The maximum Gasteiger partial charge on any atom is 0.287 e. The van der Waals surface area contributed by atoms with Gasteiger partial charge in [-0.2, -0.15) is 21.8 Å². The molecule has 0 amide bonds. The average Bonchev–Trinajstić information content (AvgIpc) is 2.76. The first-order valence-corrected chi connectivity index (χ1v) is 13.2. The molecule has 1 aromatic heterocycles. The zero-order chi connectivity index (χ0) is 26.7. The summed E-state index contributed by atoms with van der Waals surface area (Å²) in [6.45, 7) is 0. The Labute approximate surface area is 207 Å². The van der Waals surface area contributed by atoms with Gasteiger partial charge in [-0.3, -0.25) is 9.11 Å². The fourth-order valence-corrected chi connectivity index (χ4v) is 5.81. The van der Waals surface area contributed by atoms with Gasteiger partial charge in [-0.25, -0.2) is 9.56 Å². The fraction of sp³-hybridized carbons (Fsp3) is 0.190. The Kier molecular flexibility index (Phi) is 7.65. The van der Waals surface area contributed by atoms with Gasteiger partial charge in [-0.1, -0.05) is 11.8 Å². The van der Waals surface area contributed by atoms with Gasteiger partial charge in [0, 0.05) is 35.9 Å². The van der Waals surface area contributed by atoms with Gasteiger partial charge in [0.25, 0.3) is 20.2 Å². The lowest BCUT2D eigenvalue weighted by molar-refractivity contribution is -0.660. The van der Waals surface area contributed by atoms with E-state index in [0.29, 0.717) is 16.8 Å². The van der Waals surface area contributed by atoms with E-state index in [0.717, 1.165) is 5.69 Å². The number of aromatic nitrogens is 1. The Bertz CT molecular complexity index is 1550. The first-order valence-electron chi connectivity index (χ1n) is 10.2. The Hall–Kier alpha value is -3.97. The van der Waals surface area contributed by atoms with Gasteiger partial charge in [-0.05, 0) is 24.3 Å². The predicted octanol–water partition coefficient (Wildman–Crippen LogP) is -0.903. The van der Waals surface area contributed by atoms with Crippen molar-refractivity contribution in [3.8, 4) is 23.1 Å². The third kappa shape index (κ3) is 6.58. The second-order valence-electron chi connectivity index (χ2n) is 7.71. The van der Waals surface area contributed by atoms with Crippen molar-refractivity contribution in [1.29, 1.82) is 0 Å². The van der Waals surface area contributed by atoms with Crippen molar-refractivity contribution >= 4 is 37.8 Å². The normalized spacial score (nSPS) is 18.3. The van der Waals surface area contributed by atoms with Crippen molar-refractivity contribution < 1.29 is 30.5 Å². The molecule has 1 aliphatic heterocycles. The number of nitrogens with zero attached hydrogens (tertiary/aromatic N) is 3. The Morgan fingerprint density at radius 1 is 1.08 bits per heavy atom. The van der Waals surface area contributed by atoms with Crippen LogP contribution in [0.3, 0.4) is 0 Å². The van der Waals surface area contributed by atoms with Crippen LogP contribution >= 0.6 is 0 Å². The van der Waals surface area contributed by atoms with Gasteiger partial charge >= 0.3 is 0 Å². The van der Waals surface area contributed by atoms with Crippen LogP contribution in [-0.2, 0) is 27.3 Å².